The van der Waals surface area contributed by atoms with Crippen LogP contribution in [0.2, 0.25) is 0 Å². The first-order chi connectivity index (χ1) is 12.8. The fourth-order valence-electron chi connectivity index (χ4n) is 2.39. The smallest absolute Gasteiger partial charge is 0.351 e. The molecule has 0 aliphatic heterocycles. The summed E-state index contributed by atoms with van der Waals surface area (Å²) >= 11 is 3.18. The third-order valence-corrected chi connectivity index (χ3v) is 7.11. The predicted octanol–water partition coefficient (Wildman–Crippen LogP) is 4.48. The lowest BCUT2D eigenvalue weighted by atomic mass is 10.1. The summed E-state index contributed by atoms with van der Waals surface area (Å²) in [6.45, 7) is 1.72. The van der Waals surface area contributed by atoms with Crippen LogP contribution < -0.4 is 5.32 Å². The molecule has 0 spiro atoms. The van der Waals surface area contributed by atoms with Gasteiger partial charge in [0.25, 0.3) is 0 Å². The maximum Gasteiger partial charge on any atom is 0.416 e. The summed E-state index contributed by atoms with van der Waals surface area (Å²) in [5, 5.41) is 2.21. The molecule has 0 heterocycles. The van der Waals surface area contributed by atoms with E-state index < -0.39 is 44.6 Å². The molecule has 2 aromatic carbocycles. The van der Waals surface area contributed by atoms with Crippen LogP contribution in [0.1, 0.15) is 25.0 Å². The van der Waals surface area contributed by atoms with Crippen molar-refractivity contribution in [1.29, 1.82) is 0 Å². The Labute approximate surface area is 168 Å². The second-order valence-electron chi connectivity index (χ2n) is 6.45. The normalized spacial score (nSPS) is 12.7. The third kappa shape index (κ3) is 4.54. The van der Waals surface area contributed by atoms with Crippen LogP contribution in [-0.4, -0.2) is 19.1 Å². The van der Waals surface area contributed by atoms with E-state index in [0.717, 1.165) is 26.0 Å². The first-order valence-electron chi connectivity index (χ1n) is 7.91. The van der Waals surface area contributed by atoms with E-state index in [9.17, 15) is 30.8 Å². The van der Waals surface area contributed by atoms with Gasteiger partial charge in [0.2, 0.25) is 5.91 Å². The minimum Gasteiger partial charge on any atom is -0.351 e. The lowest BCUT2D eigenvalue weighted by molar-refractivity contribution is -0.138. The van der Waals surface area contributed by atoms with Crippen molar-refractivity contribution in [2.75, 3.05) is 0 Å². The van der Waals surface area contributed by atoms with Crippen LogP contribution in [0.15, 0.2) is 51.8 Å². The van der Waals surface area contributed by atoms with Gasteiger partial charge in [-0.3, -0.25) is 4.79 Å². The van der Waals surface area contributed by atoms with E-state index in [4.69, 9.17) is 0 Å². The lowest BCUT2D eigenvalue weighted by Crippen LogP contribution is -2.47. The molecule has 0 aliphatic carbocycles. The molecule has 2 rings (SSSR count). The van der Waals surface area contributed by atoms with Crippen molar-refractivity contribution in [2.24, 2.45) is 0 Å². The summed E-state index contributed by atoms with van der Waals surface area (Å²) in [6.07, 6.45) is -4.82. The van der Waals surface area contributed by atoms with Gasteiger partial charge >= 0.3 is 6.18 Å². The highest BCUT2D eigenvalue weighted by Crippen LogP contribution is 2.33. The number of hydrogen-bond donors (Lipinski definition) is 1. The summed E-state index contributed by atoms with van der Waals surface area (Å²) < 4.78 is 76.6. The molecule has 0 bridgehead atoms. The highest BCUT2D eigenvalue weighted by molar-refractivity contribution is 9.10. The minimum atomic E-state index is -4.82. The van der Waals surface area contributed by atoms with Crippen LogP contribution >= 0.6 is 15.9 Å². The number of rotatable bonds is 5. The molecule has 0 aromatic heterocycles. The molecule has 0 saturated carbocycles. The highest BCUT2D eigenvalue weighted by atomic mass is 79.9. The van der Waals surface area contributed by atoms with Gasteiger partial charge in [0.15, 0.2) is 9.84 Å². The number of halogens is 5. The summed E-state index contributed by atoms with van der Waals surface area (Å²) in [5.74, 6) is -2.05. The Morgan fingerprint density at radius 3 is 2.18 bits per heavy atom. The largest absolute Gasteiger partial charge is 0.416 e. The van der Waals surface area contributed by atoms with Crippen molar-refractivity contribution in [2.45, 2.75) is 36.2 Å². The first-order valence-corrected chi connectivity index (χ1v) is 10.2. The summed E-state index contributed by atoms with van der Waals surface area (Å²) in [5.41, 5.74) is -1.61. The molecule has 10 heteroatoms. The van der Waals surface area contributed by atoms with E-state index in [1.807, 2.05) is 0 Å². The number of carbonyl (C=O) groups excluding carboxylic acids is 1. The quantitative estimate of drug-likeness (QED) is 0.640. The first kappa shape index (κ1) is 22.4. The average molecular weight is 482 g/mol. The number of benzene rings is 2. The van der Waals surface area contributed by atoms with Crippen LogP contribution in [-0.2, 0) is 27.4 Å². The van der Waals surface area contributed by atoms with Gasteiger partial charge in [0, 0.05) is 11.0 Å². The number of nitrogens with one attached hydrogen (secondary N) is 1. The Kier molecular flexibility index (Phi) is 6.25. The van der Waals surface area contributed by atoms with Gasteiger partial charge in [-0.15, -0.1) is 0 Å². The van der Waals surface area contributed by atoms with E-state index in [-0.39, 0.29) is 10.5 Å². The molecule has 1 amide bonds. The molecule has 152 valence electrons. The monoisotopic (exact) mass is 481 g/mol. The molecule has 0 unspecified atom stereocenters. The van der Waals surface area contributed by atoms with Crippen molar-refractivity contribution in [1.82, 2.24) is 5.32 Å². The zero-order chi connectivity index (χ0) is 21.3. The predicted molar refractivity (Wildman–Crippen MR) is 98.7 cm³/mol. The Hall–Kier alpha value is -1.94. The highest BCUT2D eigenvalue weighted by Gasteiger charge is 2.43. The topological polar surface area (TPSA) is 63.2 Å². The fraction of sp³-hybridized carbons (Fsp3) is 0.278. The molecule has 28 heavy (non-hydrogen) atoms. The molecule has 0 atom stereocenters. The van der Waals surface area contributed by atoms with Gasteiger partial charge in [-0.1, -0.05) is 22.0 Å². The Bertz CT molecular complexity index is 987. The molecule has 0 aliphatic rings. The molecular weight excluding hydrogens is 466 g/mol. The number of sulfone groups is 1. The molecule has 0 saturated heterocycles. The van der Waals surface area contributed by atoms with Crippen LogP contribution in [0.5, 0.6) is 0 Å². The third-order valence-electron chi connectivity index (χ3n) is 4.16. The SMILES string of the molecule is CC(C)(C(=O)NCc1ccc(F)cc1C(F)(F)F)S(=O)(=O)c1ccc(Br)cc1. The van der Waals surface area contributed by atoms with Crippen molar-refractivity contribution >= 4 is 31.7 Å². The average Bonchev–Trinajstić information content (AvgIpc) is 2.59. The van der Waals surface area contributed by atoms with Crippen LogP contribution in [0.4, 0.5) is 17.6 Å². The maximum absolute atomic E-state index is 13.2. The number of alkyl halides is 3. The maximum atomic E-state index is 13.2. The lowest BCUT2D eigenvalue weighted by Gasteiger charge is -2.24. The van der Waals surface area contributed by atoms with Crippen LogP contribution in [0.25, 0.3) is 0 Å². The van der Waals surface area contributed by atoms with E-state index in [1.165, 1.54) is 24.3 Å². The van der Waals surface area contributed by atoms with Gasteiger partial charge in [-0.05, 0) is 55.8 Å². The second kappa shape index (κ2) is 7.82. The van der Waals surface area contributed by atoms with Crippen molar-refractivity contribution in [3.8, 4) is 0 Å². The van der Waals surface area contributed by atoms with Gasteiger partial charge < -0.3 is 5.32 Å². The molecule has 0 radical (unpaired) electrons. The zero-order valence-electron chi connectivity index (χ0n) is 14.8. The van der Waals surface area contributed by atoms with E-state index >= 15 is 0 Å². The Morgan fingerprint density at radius 1 is 1.07 bits per heavy atom. The summed E-state index contributed by atoms with van der Waals surface area (Å²) in [7, 11) is -4.12. The summed E-state index contributed by atoms with van der Waals surface area (Å²) in [6, 6.07) is 7.68. The van der Waals surface area contributed by atoms with Crippen molar-refractivity contribution in [3.63, 3.8) is 0 Å². The molecular formula is C18H16BrF4NO3S. The van der Waals surface area contributed by atoms with Gasteiger partial charge in [0.05, 0.1) is 10.5 Å². The second-order valence-corrected chi connectivity index (χ2v) is 9.86. The zero-order valence-corrected chi connectivity index (χ0v) is 17.2. The van der Waals surface area contributed by atoms with Gasteiger partial charge in [0.1, 0.15) is 10.6 Å². The molecule has 1 N–H and O–H groups in total. The van der Waals surface area contributed by atoms with E-state index in [0.29, 0.717) is 10.5 Å². The molecule has 0 fully saturated rings. The van der Waals surface area contributed by atoms with Crippen molar-refractivity contribution < 1.29 is 30.8 Å². The number of amides is 1. The molecule has 4 nitrogen and oxygen atoms in total. The van der Waals surface area contributed by atoms with Crippen molar-refractivity contribution in [3.05, 3.63) is 63.9 Å². The number of carbonyl (C=O) groups is 1. The van der Waals surface area contributed by atoms with Gasteiger partial charge in [-0.2, -0.15) is 13.2 Å². The van der Waals surface area contributed by atoms with E-state index in [2.05, 4.69) is 21.2 Å². The van der Waals surface area contributed by atoms with Crippen LogP contribution in [0.3, 0.4) is 0 Å². The Balaban J connectivity index is 2.26. The van der Waals surface area contributed by atoms with Crippen LogP contribution in [0, 0.1) is 5.82 Å². The molecule has 2 aromatic rings. The number of hydrogen-bond acceptors (Lipinski definition) is 3. The fourth-order valence-corrected chi connectivity index (χ4v) is 4.05. The van der Waals surface area contributed by atoms with Gasteiger partial charge in [-0.25, -0.2) is 12.8 Å². The standard InChI is InChI=1S/C18H16BrF4NO3S/c1-17(2,28(26,27)14-7-4-12(19)5-8-14)16(25)24-10-11-3-6-13(20)9-15(11)18(21,22)23/h3-9H,10H2,1-2H3,(H,24,25). The Morgan fingerprint density at radius 2 is 1.64 bits per heavy atom. The van der Waals surface area contributed by atoms with E-state index in [1.54, 1.807) is 0 Å². The summed E-state index contributed by atoms with van der Waals surface area (Å²) in [4.78, 5) is 12.4. The minimum absolute atomic E-state index is 0.103.